The van der Waals surface area contributed by atoms with Crippen LogP contribution in [0.4, 0.5) is 29.3 Å². The van der Waals surface area contributed by atoms with E-state index in [1.807, 2.05) is 6.07 Å². The number of nitrogens with one attached hydrogen (secondary N) is 2. The van der Waals surface area contributed by atoms with Crippen LogP contribution in [-0.4, -0.2) is 23.6 Å². The molecule has 0 saturated carbocycles. The van der Waals surface area contributed by atoms with E-state index in [-0.39, 0.29) is 34.8 Å². The van der Waals surface area contributed by atoms with Crippen molar-refractivity contribution in [3.63, 3.8) is 0 Å². The van der Waals surface area contributed by atoms with Gasteiger partial charge in [0.1, 0.15) is 11.8 Å². The molecule has 2 aromatic rings. The Kier molecular flexibility index (Phi) is 6.53. The summed E-state index contributed by atoms with van der Waals surface area (Å²) < 4.78 is 47.0. The van der Waals surface area contributed by atoms with Crippen molar-refractivity contribution in [2.24, 2.45) is 0 Å². The number of anilines is 2. The van der Waals surface area contributed by atoms with Gasteiger partial charge in [0.25, 0.3) is 12.3 Å². The largest absolute Gasteiger partial charge is 0.476 e. The Balaban J connectivity index is 2.04. The fourth-order valence-corrected chi connectivity index (χ4v) is 3.37. The molecule has 0 aromatic heterocycles. The first-order chi connectivity index (χ1) is 15.4. The first-order valence-corrected chi connectivity index (χ1v) is 10.1. The lowest BCUT2D eigenvalue weighted by Crippen LogP contribution is -2.45. The zero-order valence-corrected chi connectivity index (χ0v) is 18.5. The monoisotopic (exact) mass is 460 g/mol. The first-order valence-electron chi connectivity index (χ1n) is 10.1. The number of nitrogens with zero attached hydrogens (tertiary/aromatic N) is 2. The van der Waals surface area contributed by atoms with Crippen molar-refractivity contribution >= 4 is 23.3 Å². The number of benzene rings is 2. The summed E-state index contributed by atoms with van der Waals surface area (Å²) >= 11 is 0. The molecule has 0 bridgehead atoms. The van der Waals surface area contributed by atoms with E-state index in [1.165, 1.54) is 36.1 Å². The van der Waals surface area contributed by atoms with E-state index in [1.54, 1.807) is 26.8 Å². The molecule has 0 unspecified atom stereocenters. The standard InChI is InChI=1S/C23H23F3N4O3/c1-12-21(31)30(11-13-6-5-7-14(8-13)20(25)26)16-9-15(10-27)18(17(24)19(16)33-12)28-22(32)29-23(2,3)4/h5-9,12,20H,11H2,1-4H3,(H2,28,29,32)/t12-/m1/s1. The predicted octanol–water partition coefficient (Wildman–Crippen LogP) is 4.87. The van der Waals surface area contributed by atoms with Gasteiger partial charge in [-0.25, -0.2) is 18.0 Å². The smallest absolute Gasteiger partial charge is 0.319 e. The summed E-state index contributed by atoms with van der Waals surface area (Å²) in [5.74, 6) is -1.87. The molecule has 1 aliphatic heterocycles. The average molecular weight is 460 g/mol. The minimum Gasteiger partial charge on any atom is -0.476 e. The van der Waals surface area contributed by atoms with Crippen molar-refractivity contribution < 1.29 is 27.5 Å². The van der Waals surface area contributed by atoms with Crippen LogP contribution < -0.4 is 20.3 Å². The molecule has 3 rings (SSSR count). The highest BCUT2D eigenvalue weighted by molar-refractivity contribution is 6.01. The third-order valence-electron chi connectivity index (χ3n) is 4.79. The van der Waals surface area contributed by atoms with Crippen LogP contribution in [0.3, 0.4) is 0 Å². The molecule has 1 heterocycles. The normalized spacial score (nSPS) is 15.5. The first kappa shape index (κ1) is 23.9. The Labute approximate surface area is 189 Å². The van der Waals surface area contributed by atoms with E-state index in [2.05, 4.69) is 10.6 Å². The lowest BCUT2D eigenvalue weighted by atomic mass is 10.1. The van der Waals surface area contributed by atoms with Crippen LogP contribution in [-0.2, 0) is 11.3 Å². The molecule has 0 spiro atoms. The van der Waals surface area contributed by atoms with Crippen LogP contribution in [0.25, 0.3) is 0 Å². The van der Waals surface area contributed by atoms with Gasteiger partial charge in [0.05, 0.1) is 17.8 Å². The van der Waals surface area contributed by atoms with Crippen molar-refractivity contribution in [1.29, 1.82) is 5.26 Å². The molecule has 10 heteroatoms. The van der Waals surface area contributed by atoms with Crippen LogP contribution in [0, 0.1) is 17.1 Å². The molecule has 2 aromatic carbocycles. The van der Waals surface area contributed by atoms with Crippen LogP contribution >= 0.6 is 0 Å². The number of urea groups is 1. The zero-order valence-electron chi connectivity index (χ0n) is 18.5. The van der Waals surface area contributed by atoms with E-state index >= 15 is 4.39 Å². The number of nitriles is 1. The number of halogens is 3. The molecule has 0 saturated heterocycles. The van der Waals surface area contributed by atoms with E-state index in [0.717, 1.165) is 0 Å². The maximum Gasteiger partial charge on any atom is 0.319 e. The Morgan fingerprint density at radius 3 is 2.61 bits per heavy atom. The Hall–Kier alpha value is -3.74. The number of carbonyl (C=O) groups excluding carboxylic acids is 2. The second-order valence-electron chi connectivity index (χ2n) is 8.63. The molecule has 0 radical (unpaired) electrons. The molecule has 174 valence electrons. The van der Waals surface area contributed by atoms with Gasteiger partial charge in [-0.1, -0.05) is 18.2 Å². The minimum atomic E-state index is -2.69. The van der Waals surface area contributed by atoms with Gasteiger partial charge in [0, 0.05) is 11.1 Å². The molecular weight excluding hydrogens is 437 g/mol. The van der Waals surface area contributed by atoms with Gasteiger partial charge in [-0.15, -0.1) is 0 Å². The molecule has 2 N–H and O–H groups in total. The average Bonchev–Trinajstić information content (AvgIpc) is 2.72. The molecule has 7 nitrogen and oxygen atoms in total. The quantitative estimate of drug-likeness (QED) is 0.681. The summed E-state index contributed by atoms with van der Waals surface area (Å²) in [6, 6.07) is 7.84. The SMILES string of the molecule is C[C@H]1Oc2c(cc(C#N)c(NC(=O)NC(C)(C)C)c2F)N(Cc2cccc(C(F)F)c2)C1=O. The number of carbonyl (C=O) groups is 2. The van der Waals surface area contributed by atoms with Gasteiger partial charge in [-0.2, -0.15) is 5.26 Å². The van der Waals surface area contributed by atoms with Gasteiger partial charge in [0.2, 0.25) is 0 Å². The number of ether oxygens (including phenoxy) is 1. The second-order valence-corrected chi connectivity index (χ2v) is 8.63. The van der Waals surface area contributed by atoms with E-state index in [9.17, 15) is 23.6 Å². The highest BCUT2D eigenvalue weighted by Crippen LogP contribution is 2.42. The van der Waals surface area contributed by atoms with Crippen molar-refractivity contribution in [2.45, 2.75) is 52.3 Å². The molecule has 1 atom stereocenters. The highest BCUT2D eigenvalue weighted by atomic mass is 19.3. The molecule has 1 aliphatic rings. The predicted molar refractivity (Wildman–Crippen MR) is 116 cm³/mol. The Bertz CT molecular complexity index is 1140. The Morgan fingerprint density at radius 1 is 1.30 bits per heavy atom. The van der Waals surface area contributed by atoms with Gasteiger partial charge in [0.15, 0.2) is 17.7 Å². The number of alkyl halides is 2. The van der Waals surface area contributed by atoms with Crippen molar-refractivity contribution in [1.82, 2.24) is 5.32 Å². The molecule has 33 heavy (non-hydrogen) atoms. The summed E-state index contributed by atoms with van der Waals surface area (Å²) in [6.45, 7) is 6.49. The minimum absolute atomic E-state index is 0.0311. The maximum atomic E-state index is 15.4. The number of rotatable bonds is 4. The van der Waals surface area contributed by atoms with Gasteiger partial charge in [-0.05, 0) is 45.4 Å². The zero-order chi connectivity index (χ0) is 24.5. The third kappa shape index (κ3) is 5.19. The summed E-state index contributed by atoms with van der Waals surface area (Å²) in [5.41, 5.74) is -1.08. The number of hydrogen-bond acceptors (Lipinski definition) is 4. The summed E-state index contributed by atoms with van der Waals surface area (Å²) in [4.78, 5) is 26.2. The van der Waals surface area contributed by atoms with Crippen LogP contribution in [0.15, 0.2) is 30.3 Å². The summed E-state index contributed by atoms with van der Waals surface area (Å²) in [5, 5.41) is 14.5. The topological polar surface area (TPSA) is 94.5 Å². The van der Waals surface area contributed by atoms with Crippen LogP contribution in [0.2, 0.25) is 0 Å². The van der Waals surface area contributed by atoms with Crippen LogP contribution in [0.1, 0.15) is 50.8 Å². The molecule has 0 aliphatic carbocycles. The number of amides is 3. The van der Waals surface area contributed by atoms with Crippen molar-refractivity contribution in [3.05, 3.63) is 52.8 Å². The van der Waals surface area contributed by atoms with Crippen molar-refractivity contribution in [2.75, 3.05) is 10.2 Å². The fraction of sp³-hybridized carbons (Fsp3) is 0.348. The Morgan fingerprint density at radius 2 is 2.00 bits per heavy atom. The summed E-state index contributed by atoms with van der Waals surface area (Å²) in [7, 11) is 0. The highest BCUT2D eigenvalue weighted by Gasteiger charge is 2.36. The van der Waals surface area contributed by atoms with Gasteiger partial charge < -0.3 is 20.3 Å². The van der Waals surface area contributed by atoms with Crippen LogP contribution in [0.5, 0.6) is 5.75 Å². The van der Waals surface area contributed by atoms with E-state index < -0.39 is 35.8 Å². The lowest BCUT2D eigenvalue weighted by molar-refractivity contribution is -0.125. The maximum absolute atomic E-state index is 15.4. The van der Waals surface area contributed by atoms with Crippen molar-refractivity contribution in [3.8, 4) is 11.8 Å². The summed E-state index contributed by atoms with van der Waals surface area (Å²) in [6.07, 6.45) is -3.76. The van der Waals surface area contributed by atoms with E-state index in [0.29, 0.717) is 5.56 Å². The third-order valence-corrected chi connectivity index (χ3v) is 4.79. The number of hydrogen-bond donors (Lipinski definition) is 2. The molecule has 0 fully saturated rings. The lowest BCUT2D eigenvalue weighted by Gasteiger charge is -2.34. The van der Waals surface area contributed by atoms with Gasteiger partial charge in [-0.3, -0.25) is 4.79 Å². The second kappa shape index (κ2) is 9.02. The molecule has 3 amide bonds. The van der Waals surface area contributed by atoms with E-state index in [4.69, 9.17) is 4.74 Å². The van der Waals surface area contributed by atoms with Gasteiger partial charge >= 0.3 is 6.03 Å². The fourth-order valence-electron chi connectivity index (χ4n) is 3.37. The molecular formula is C23H23F3N4O3. The number of fused-ring (bicyclic) bond motifs is 1.